The lowest BCUT2D eigenvalue weighted by molar-refractivity contribution is 0.409. The molecule has 1 aromatic heterocycles. The van der Waals surface area contributed by atoms with Crippen molar-refractivity contribution in [2.75, 3.05) is 31.6 Å². The lowest BCUT2D eigenvalue weighted by Crippen LogP contribution is -2.13. The van der Waals surface area contributed by atoms with Crippen LogP contribution in [0.5, 0.6) is 0 Å². The second-order valence-corrected chi connectivity index (χ2v) is 7.41. The largest absolute Gasteiger partial charge is 0.398 e. The maximum atomic E-state index is 14.4. The molecule has 1 unspecified atom stereocenters. The first-order chi connectivity index (χ1) is 13.4. The Morgan fingerprint density at radius 3 is 2.82 bits per heavy atom. The van der Waals surface area contributed by atoms with E-state index in [2.05, 4.69) is 33.8 Å². The molecule has 4 rings (SSSR count). The van der Waals surface area contributed by atoms with Gasteiger partial charge in [-0.05, 0) is 44.3 Å². The van der Waals surface area contributed by atoms with Gasteiger partial charge in [-0.3, -0.25) is 0 Å². The van der Waals surface area contributed by atoms with Crippen molar-refractivity contribution < 1.29 is 4.39 Å². The summed E-state index contributed by atoms with van der Waals surface area (Å²) in [6, 6.07) is 8.17. The maximum absolute atomic E-state index is 14.4. The number of rotatable bonds is 1. The molecule has 1 aliphatic heterocycles. The van der Waals surface area contributed by atoms with Crippen molar-refractivity contribution >= 4 is 34.0 Å². The minimum Gasteiger partial charge on any atom is -0.398 e. The lowest BCUT2D eigenvalue weighted by Gasteiger charge is -2.09. The summed E-state index contributed by atoms with van der Waals surface area (Å²) < 4.78 is 14.4. The van der Waals surface area contributed by atoms with Crippen LogP contribution in [0.3, 0.4) is 0 Å². The van der Waals surface area contributed by atoms with Gasteiger partial charge in [0.15, 0.2) is 11.6 Å². The van der Waals surface area contributed by atoms with Gasteiger partial charge >= 0.3 is 0 Å². The second-order valence-electron chi connectivity index (χ2n) is 7.01. The third-order valence-electron chi connectivity index (χ3n) is 4.89. The van der Waals surface area contributed by atoms with Crippen molar-refractivity contribution in [3.05, 3.63) is 46.7 Å². The topological polar surface area (TPSA) is 81.1 Å². The van der Waals surface area contributed by atoms with E-state index in [1.165, 1.54) is 6.07 Å². The Labute approximate surface area is 167 Å². The predicted molar refractivity (Wildman–Crippen MR) is 111 cm³/mol. The highest BCUT2D eigenvalue weighted by Gasteiger charge is 2.17. The number of halogens is 2. The molecule has 1 fully saturated rings. The molecular formula is C21H19ClFN5. The number of hydrogen-bond donors (Lipinski definition) is 2. The molecule has 7 heteroatoms. The average Bonchev–Trinajstić information content (AvgIpc) is 3.08. The monoisotopic (exact) mass is 395 g/mol. The van der Waals surface area contributed by atoms with E-state index in [4.69, 9.17) is 23.1 Å². The highest BCUT2D eigenvalue weighted by molar-refractivity contribution is 6.31. The van der Waals surface area contributed by atoms with Gasteiger partial charge in [0, 0.05) is 29.1 Å². The Morgan fingerprint density at radius 2 is 2.07 bits per heavy atom. The third kappa shape index (κ3) is 3.47. The summed E-state index contributed by atoms with van der Waals surface area (Å²) >= 11 is 5.88. The molecule has 1 saturated heterocycles. The van der Waals surface area contributed by atoms with Crippen LogP contribution in [0.2, 0.25) is 5.02 Å². The van der Waals surface area contributed by atoms with Crippen molar-refractivity contribution in [2.45, 2.75) is 6.42 Å². The van der Waals surface area contributed by atoms with Gasteiger partial charge in [0.05, 0.1) is 16.1 Å². The van der Waals surface area contributed by atoms with Crippen LogP contribution in [0.4, 0.5) is 15.9 Å². The van der Waals surface area contributed by atoms with E-state index >= 15 is 0 Å². The van der Waals surface area contributed by atoms with Gasteiger partial charge in [0.2, 0.25) is 0 Å². The van der Waals surface area contributed by atoms with Gasteiger partial charge in [0.25, 0.3) is 0 Å². The number of anilines is 2. The molecule has 3 aromatic rings. The molecule has 0 spiro atoms. The molecule has 4 N–H and O–H groups in total. The van der Waals surface area contributed by atoms with Gasteiger partial charge in [-0.25, -0.2) is 14.4 Å². The number of likely N-dealkylation sites (tertiary alicyclic amines) is 1. The SMILES string of the molecule is CN1CCC(C#Cc2cc3nc(-c4cccc(Cl)c4F)nc(N)c3cc2N)C1. The van der Waals surface area contributed by atoms with Crippen LogP contribution in [0, 0.1) is 23.6 Å². The zero-order chi connectivity index (χ0) is 19.8. The molecule has 0 saturated carbocycles. The zero-order valence-electron chi connectivity index (χ0n) is 15.3. The molecule has 0 amide bonds. The zero-order valence-corrected chi connectivity index (χ0v) is 16.1. The van der Waals surface area contributed by atoms with Crippen molar-refractivity contribution in [2.24, 2.45) is 5.92 Å². The molecule has 2 heterocycles. The number of nitrogens with zero attached hydrogens (tertiary/aromatic N) is 3. The predicted octanol–water partition coefficient (Wildman–Crippen LogP) is 3.56. The number of fused-ring (bicyclic) bond motifs is 1. The number of nitrogens with two attached hydrogens (primary N) is 2. The highest BCUT2D eigenvalue weighted by Crippen LogP contribution is 2.30. The summed E-state index contributed by atoms with van der Waals surface area (Å²) in [5, 5.41) is 0.611. The van der Waals surface area contributed by atoms with E-state index in [0.717, 1.165) is 19.5 Å². The van der Waals surface area contributed by atoms with Crippen molar-refractivity contribution in [3.63, 3.8) is 0 Å². The van der Waals surface area contributed by atoms with Crippen LogP contribution >= 0.6 is 11.6 Å². The first-order valence-electron chi connectivity index (χ1n) is 8.93. The number of benzene rings is 2. The van der Waals surface area contributed by atoms with Crippen LogP contribution in [-0.2, 0) is 0 Å². The van der Waals surface area contributed by atoms with Gasteiger partial charge < -0.3 is 16.4 Å². The smallest absolute Gasteiger partial charge is 0.165 e. The molecule has 5 nitrogen and oxygen atoms in total. The van der Waals surface area contributed by atoms with Crippen LogP contribution in [0.25, 0.3) is 22.3 Å². The van der Waals surface area contributed by atoms with Gasteiger partial charge in [0.1, 0.15) is 5.82 Å². The van der Waals surface area contributed by atoms with Crippen molar-refractivity contribution in [3.8, 4) is 23.2 Å². The quantitative estimate of drug-likeness (QED) is 0.486. The van der Waals surface area contributed by atoms with Gasteiger partial charge in [-0.2, -0.15) is 0 Å². The van der Waals surface area contributed by atoms with Crippen LogP contribution in [-0.4, -0.2) is 35.0 Å². The van der Waals surface area contributed by atoms with E-state index < -0.39 is 5.82 Å². The van der Waals surface area contributed by atoms with Gasteiger partial charge in [-0.1, -0.05) is 29.5 Å². The molecule has 1 aliphatic rings. The number of aromatic nitrogens is 2. The summed E-state index contributed by atoms with van der Waals surface area (Å²) in [6.07, 6.45) is 1.05. The Hall–Kier alpha value is -2.88. The fourth-order valence-electron chi connectivity index (χ4n) is 3.35. The van der Waals surface area contributed by atoms with Crippen LogP contribution < -0.4 is 11.5 Å². The molecule has 1 atom stereocenters. The minimum absolute atomic E-state index is 0.00478. The molecule has 0 aliphatic carbocycles. The van der Waals surface area contributed by atoms with E-state index in [1.54, 1.807) is 24.3 Å². The van der Waals surface area contributed by atoms with E-state index in [1.807, 2.05) is 0 Å². The maximum Gasteiger partial charge on any atom is 0.165 e. The third-order valence-corrected chi connectivity index (χ3v) is 5.18. The lowest BCUT2D eigenvalue weighted by atomic mass is 10.1. The van der Waals surface area contributed by atoms with E-state index in [9.17, 15) is 4.39 Å². The average molecular weight is 396 g/mol. The molecule has 0 radical (unpaired) electrons. The van der Waals surface area contributed by atoms with Crippen molar-refractivity contribution in [1.82, 2.24) is 14.9 Å². The van der Waals surface area contributed by atoms with Crippen LogP contribution in [0.15, 0.2) is 30.3 Å². The number of hydrogen-bond acceptors (Lipinski definition) is 5. The fraction of sp³-hybridized carbons (Fsp3) is 0.238. The second kappa shape index (κ2) is 7.27. The van der Waals surface area contributed by atoms with Crippen molar-refractivity contribution in [1.29, 1.82) is 0 Å². The summed E-state index contributed by atoms with van der Waals surface area (Å²) in [7, 11) is 2.09. The first-order valence-corrected chi connectivity index (χ1v) is 9.31. The highest BCUT2D eigenvalue weighted by atomic mass is 35.5. The summed E-state index contributed by atoms with van der Waals surface area (Å²) in [5.41, 5.74) is 14.2. The molecular weight excluding hydrogens is 377 g/mol. The summed E-state index contributed by atoms with van der Waals surface area (Å²) in [4.78, 5) is 11.0. The Balaban J connectivity index is 1.79. The van der Waals surface area contributed by atoms with E-state index in [-0.39, 0.29) is 22.2 Å². The van der Waals surface area contributed by atoms with Crippen LogP contribution in [0.1, 0.15) is 12.0 Å². The molecule has 28 heavy (non-hydrogen) atoms. The first kappa shape index (κ1) is 18.5. The summed E-state index contributed by atoms with van der Waals surface area (Å²) in [5.74, 6) is 6.60. The summed E-state index contributed by atoms with van der Waals surface area (Å²) in [6.45, 7) is 2.00. The molecule has 2 aromatic carbocycles. The normalized spacial score (nSPS) is 16.9. The molecule has 142 valence electrons. The minimum atomic E-state index is -0.580. The standard InChI is InChI=1S/C21H19ClFN5/c1-28-8-7-12(11-28)5-6-13-9-18-15(10-17(13)24)20(25)27-21(26-18)14-3-2-4-16(22)19(14)23/h2-4,9-10,12H,7-8,11,24H2,1H3,(H2,25,26,27). The fourth-order valence-corrected chi connectivity index (χ4v) is 3.53. The van der Waals surface area contributed by atoms with Gasteiger partial charge in [-0.15, -0.1) is 0 Å². The molecule has 0 bridgehead atoms. The van der Waals surface area contributed by atoms with E-state index in [0.29, 0.717) is 28.1 Å². The Bertz CT molecular complexity index is 1140. The Morgan fingerprint density at radius 1 is 1.25 bits per heavy atom. The number of nitrogen functional groups attached to an aromatic ring is 2. The Kier molecular flexibility index (Phi) is 4.80.